The van der Waals surface area contributed by atoms with Gasteiger partial charge in [-0.15, -0.1) is 5.76 Å². The van der Waals surface area contributed by atoms with E-state index in [0.29, 0.717) is 0 Å². The minimum Gasteiger partial charge on any atom is -0.875 e. The van der Waals surface area contributed by atoms with Crippen LogP contribution in [-0.4, -0.2) is 33.2 Å². The summed E-state index contributed by atoms with van der Waals surface area (Å²) in [4.78, 5) is 30.9. The molecule has 1 aromatic heterocycles. The second-order valence-corrected chi connectivity index (χ2v) is 7.99. The van der Waals surface area contributed by atoms with Crippen LogP contribution in [0.2, 0.25) is 0 Å². The minimum atomic E-state index is -0.557. The maximum Gasteiger partial charge on any atom is 0.257 e. The van der Waals surface area contributed by atoms with E-state index in [4.69, 9.17) is 0 Å². The van der Waals surface area contributed by atoms with Crippen LogP contribution in [0.1, 0.15) is 37.8 Å². The quantitative estimate of drug-likeness (QED) is 0.452. The molecule has 0 radical (unpaired) electrons. The second kappa shape index (κ2) is 4.34. The van der Waals surface area contributed by atoms with Crippen LogP contribution < -0.4 is 5.11 Å². The van der Waals surface area contributed by atoms with E-state index in [2.05, 4.69) is 11.1 Å². The number of nitrogens with one attached hydrogen (secondary N) is 1. The monoisotopic (exact) mass is 335 g/mol. The van der Waals surface area contributed by atoms with Crippen LogP contribution in [0.25, 0.3) is 10.9 Å². The summed E-state index contributed by atoms with van der Waals surface area (Å²) in [5.74, 6) is -1.02. The van der Waals surface area contributed by atoms with Crippen LogP contribution in [0, 0.1) is 5.92 Å². The van der Waals surface area contributed by atoms with Crippen LogP contribution in [0.4, 0.5) is 0 Å². The number of hydrogen-bond acceptors (Lipinski definition) is 3. The molecular weight excluding hydrogens is 316 g/mol. The highest BCUT2D eigenvalue weighted by Crippen LogP contribution is 2.57. The van der Waals surface area contributed by atoms with Gasteiger partial charge in [-0.05, 0) is 43.4 Å². The Labute approximate surface area is 145 Å². The fourth-order valence-corrected chi connectivity index (χ4v) is 5.45. The Balaban J connectivity index is 1.78. The molecule has 5 nitrogen and oxygen atoms in total. The normalized spacial score (nSPS) is 31.5. The Morgan fingerprint density at radius 3 is 2.80 bits per heavy atom. The van der Waals surface area contributed by atoms with Gasteiger partial charge in [-0.25, -0.2) is 0 Å². The number of carbonyl (C=O) groups is 2. The molecule has 5 rings (SSSR count). The first-order valence-electron chi connectivity index (χ1n) is 8.68. The first-order valence-corrected chi connectivity index (χ1v) is 8.68. The van der Waals surface area contributed by atoms with Crippen molar-refractivity contribution in [3.63, 3.8) is 0 Å². The number of Topliss-reactive ketones (excluding diaryl/α,β-unsaturated/α-hetero) is 1. The lowest BCUT2D eigenvalue weighted by molar-refractivity contribution is -0.302. The van der Waals surface area contributed by atoms with E-state index >= 15 is 0 Å². The Morgan fingerprint density at radius 2 is 2.08 bits per heavy atom. The Kier molecular flexibility index (Phi) is 2.56. The van der Waals surface area contributed by atoms with Crippen molar-refractivity contribution in [3.8, 4) is 0 Å². The summed E-state index contributed by atoms with van der Waals surface area (Å²) < 4.78 is 0. The van der Waals surface area contributed by atoms with Gasteiger partial charge in [0, 0.05) is 28.6 Å². The van der Waals surface area contributed by atoms with Gasteiger partial charge in [0.1, 0.15) is 6.04 Å². The second-order valence-electron chi connectivity index (χ2n) is 7.99. The van der Waals surface area contributed by atoms with Crippen molar-refractivity contribution < 1.29 is 14.7 Å². The molecule has 0 unspecified atom stereocenters. The van der Waals surface area contributed by atoms with E-state index in [1.807, 2.05) is 32.2 Å². The maximum absolute atomic E-state index is 13.0. The standard InChI is InChI=1S/C20H20N2O3/c1-9(23)14-18(24)17-16-11-8-21-13-6-4-5-10(15(11)13)7-12(16)20(2,3)22(17)19(14)25/h4-6,8,12,16-17,21,23H,7H2,1-3H3/p-1/b14-9-/t12-,16+,17+/m1/s1. The molecule has 2 fully saturated rings. The molecule has 0 spiro atoms. The predicted octanol–water partition coefficient (Wildman–Crippen LogP) is 1.63. The van der Waals surface area contributed by atoms with E-state index in [9.17, 15) is 14.7 Å². The Morgan fingerprint density at radius 1 is 1.32 bits per heavy atom. The third kappa shape index (κ3) is 1.54. The fraction of sp³-hybridized carbons (Fsp3) is 0.400. The van der Waals surface area contributed by atoms with Crippen molar-refractivity contribution in [1.82, 2.24) is 9.88 Å². The number of H-pyrrole nitrogens is 1. The number of allylic oxidation sites excluding steroid dienone is 1. The van der Waals surface area contributed by atoms with Gasteiger partial charge < -0.3 is 15.0 Å². The summed E-state index contributed by atoms with van der Waals surface area (Å²) in [7, 11) is 0. The zero-order valence-corrected chi connectivity index (χ0v) is 14.4. The summed E-state index contributed by atoms with van der Waals surface area (Å²) in [6.07, 6.45) is 2.82. The molecule has 3 aliphatic rings. The lowest BCUT2D eigenvalue weighted by atomic mass is 9.69. The molecule has 1 amide bonds. The van der Waals surface area contributed by atoms with Crippen LogP contribution in [-0.2, 0) is 16.0 Å². The van der Waals surface area contributed by atoms with Gasteiger partial charge in [0.05, 0.1) is 5.57 Å². The number of fused-ring (bicyclic) bond motifs is 4. The highest BCUT2D eigenvalue weighted by atomic mass is 16.3. The third-order valence-corrected chi connectivity index (χ3v) is 6.50. The molecule has 2 aliphatic heterocycles. The van der Waals surface area contributed by atoms with Crippen LogP contribution in [0.5, 0.6) is 0 Å². The van der Waals surface area contributed by atoms with Crippen LogP contribution in [0.15, 0.2) is 35.7 Å². The van der Waals surface area contributed by atoms with E-state index in [1.165, 1.54) is 17.9 Å². The van der Waals surface area contributed by atoms with E-state index in [0.717, 1.165) is 17.5 Å². The SMILES string of the molecule is C/C([O-])=C1\C(=O)[C@@H]2[C@H]3c4c[nH]c5cccc(c45)C[C@H]3C(C)(C)N2C1=O. The molecule has 0 bridgehead atoms. The fourth-order valence-electron chi connectivity index (χ4n) is 5.45. The van der Waals surface area contributed by atoms with Gasteiger partial charge in [0.25, 0.3) is 5.91 Å². The summed E-state index contributed by atoms with van der Waals surface area (Å²) >= 11 is 0. The van der Waals surface area contributed by atoms with Crippen molar-refractivity contribution in [2.45, 2.75) is 44.7 Å². The first kappa shape index (κ1) is 14.8. The van der Waals surface area contributed by atoms with E-state index in [1.54, 1.807) is 4.90 Å². The lowest BCUT2D eigenvalue weighted by Gasteiger charge is -2.37. The molecule has 5 heteroatoms. The number of nitrogens with zero attached hydrogens (tertiary/aromatic N) is 1. The molecule has 25 heavy (non-hydrogen) atoms. The van der Waals surface area contributed by atoms with Gasteiger partial charge in [-0.1, -0.05) is 19.1 Å². The van der Waals surface area contributed by atoms with Gasteiger partial charge in [-0.2, -0.15) is 0 Å². The largest absolute Gasteiger partial charge is 0.875 e. The summed E-state index contributed by atoms with van der Waals surface area (Å²) in [6, 6.07) is 5.65. The Hall–Kier alpha value is -2.56. The van der Waals surface area contributed by atoms with Gasteiger partial charge in [0.2, 0.25) is 0 Å². The maximum atomic E-state index is 13.0. The predicted molar refractivity (Wildman–Crippen MR) is 90.7 cm³/mol. The minimum absolute atomic E-state index is 0.0630. The third-order valence-electron chi connectivity index (χ3n) is 6.50. The van der Waals surface area contributed by atoms with Crippen LogP contribution in [0.3, 0.4) is 0 Å². The van der Waals surface area contributed by atoms with Crippen molar-refractivity contribution in [2.24, 2.45) is 5.92 Å². The lowest BCUT2D eigenvalue weighted by Crippen LogP contribution is -2.46. The molecule has 3 heterocycles. The summed E-state index contributed by atoms with van der Waals surface area (Å²) in [5, 5.41) is 13.1. The Bertz CT molecular complexity index is 994. The first-order chi connectivity index (χ1) is 11.8. The number of hydrogen-bond donors (Lipinski definition) is 1. The van der Waals surface area contributed by atoms with Crippen molar-refractivity contribution in [1.29, 1.82) is 0 Å². The zero-order chi connectivity index (χ0) is 17.7. The molecular formula is C20H19N2O3-. The van der Waals surface area contributed by atoms with E-state index < -0.39 is 23.2 Å². The highest BCUT2D eigenvalue weighted by Gasteiger charge is 2.64. The zero-order valence-electron chi connectivity index (χ0n) is 14.4. The number of ketones is 1. The molecule has 2 aromatic rings. The topological polar surface area (TPSA) is 76.2 Å². The highest BCUT2D eigenvalue weighted by molar-refractivity contribution is 6.27. The molecule has 3 atom stereocenters. The molecule has 1 aliphatic carbocycles. The van der Waals surface area contributed by atoms with Gasteiger partial charge >= 0.3 is 0 Å². The average Bonchev–Trinajstić information content (AvgIpc) is 3.14. The number of amides is 1. The smallest absolute Gasteiger partial charge is 0.257 e. The van der Waals surface area contributed by atoms with Crippen molar-refractivity contribution >= 4 is 22.6 Å². The number of carbonyl (C=O) groups excluding carboxylic acids is 2. The van der Waals surface area contributed by atoms with Gasteiger partial charge in [0.15, 0.2) is 5.78 Å². The molecule has 1 aromatic carbocycles. The van der Waals surface area contributed by atoms with Crippen LogP contribution >= 0.6 is 0 Å². The average molecular weight is 335 g/mol. The number of aromatic amines is 1. The van der Waals surface area contributed by atoms with Crippen molar-refractivity contribution in [3.05, 3.63) is 46.9 Å². The van der Waals surface area contributed by atoms with Crippen molar-refractivity contribution in [2.75, 3.05) is 0 Å². The molecule has 2 saturated heterocycles. The molecule has 128 valence electrons. The van der Waals surface area contributed by atoms with Gasteiger partial charge in [-0.3, -0.25) is 9.59 Å². The molecule has 0 saturated carbocycles. The summed E-state index contributed by atoms with van der Waals surface area (Å²) in [5.41, 5.74) is 2.81. The number of rotatable bonds is 0. The number of aromatic nitrogens is 1. The molecule has 1 N–H and O–H groups in total. The summed E-state index contributed by atoms with van der Waals surface area (Å²) in [6.45, 7) is 5.36. The van der Waals surface area contributed by atoms with E-state index in [-0.39, 0.29) is 23.2 Å². The number of benzene rings is 1.